The van der Waals surface area contributed by atoms with Crippen LogP contribution in [0.5, 0.6) is 17.2 Å². The number of ether oxygens (including phenoxy) is 3. The summed E-state index contributed by atoms with van der Waals surface area (Å²) >= 11 is 0. The second kappa shape index (κ2) is 8.08. The van der Waals surface area contributed by atoms with Crippen molar-refractivity contribution in [2.75, 3.05) is 26.1 Å². The summed E-state index contributed by atoms with van der Waals surface area (Å²) in [6.07, 6.45) is 0.971. The number of carbonyl (C=O) groups excluding carboxylic acids is 1. The SMILES string of the molecule is CCc1ccc(OCC(=O)Nc2cc(OC)cc(OC)c2)cc1. The number of carbonyl (C=O) groups is 1. The number of benzene rings is 2. The van der Waals surface area contributed by atoms with E-state index in [9.17, 15) is 4.79 Å². The van der Waals surface area contributed by atoms with E-state index in [0.717, 1.165) is 6.42 Å². The molecule has 1 amide bonds. The van der Waals surface area contributed by atoms with Gasteiger partial charge in [0.2, 0.25) is 0 Å². The lowest BCUT2D eigenvalue weighted by atomic mass is 10.2. The van der Waals surface area contributed by atoms with Crippen LogP contribution in [0.4, 0.5) is 5.69 Å². The molecule has 0 saturated carbocycles. The molecule has 122 valence electrons. The molecular weight excluding hydrogens is 294 g/mol. The number of hydrogen-bond acceptors (Lipinski definition) is 4. The van der Waals surface area contributed by atoms with E-state index >= 15 is 0 Å². The zero-order valence-electron chi connectivity index (χ0n) is 13.6. The van der Waals surface area contributed by atoms with E-state index in [1.165, 1.54) is 5.56 Å². The first-order valence-electron chi connectivity index (χ1n) is 7.39. The molecular formula is C18H21NO4. The Hall–Kier alpha value is -2.69. The molecule has 0 radical (unpaired) electrons. The van der Waals surface area contributed by atoms with Crippen molar-refractivity contribution in [2.24, 2.45) is 0 Å². The summed E-state index contributed by atoms with van der Waals surface area (Å²) < 4.78 is 15.8. The number of amides is 1. The van der Waals surface area contributed by atoms with Gasteiger partial charge in [-0.25, -0.2) is 0 Å². The van der Waals surface area contributed by atoms with Crippen LogP contribution in [-0.2, 0) is 11.2 Å². The third-order valence-corrected chi connectivity index (χ3v) is 3.34. The average molecular weight is 315 g/mol. The standard InChI is InChI=1S/C18H21NO4/c1-4-13-5-7-15(8-6-13)23-12-18(20)19-14-9-16(21-2)11-17(10-14)22-3/h5-11H,4,12H2,1-3H3,(H,19,20). The van der Waals surface area contributed by atoms with Gasteiger partial charge >= 0.3 is 0 Å². The van der Waals surface area contributed by atoms with Gasteiger partial charge in [-0.05, 0) is 24.1 Å². The highest BCUT2D eigenvalue weighted by Crippen LogP contribution is 2.25. The summed E-state index contributed by atoms with van der Waals surface area (Å²) in [7, 11) is 3.12. The average Bonchev–Trinajstić information content (AvgIpc) is 2.60. The van der Waals surface area contributed by atoms with Crippen molar-refractivity contribution in [3.8, 4) is 17.2 Å². The molecule has 0 spiro atoms. The number of methoxy groups -OCH3 is 2. The van der Waals surface area contributed by atoms with Crippen LogP contribution in [0, 0.1) is 0 Å². The Bertz CT molecular complexity index is 630. The molecule has 23 heavy (non-hydrogen) atoms. The first-order valence-corrected chi connectivity index (χ1v) is 7.39. The maximum atomic E-state index is 12.0. The Morgan fingerprint density at radius 1 is 0.957 bits per heavy atom. The number of anilines is 1. The van der Waals surface area contributed by atoms with Crippen LogP contribution < -0.4 is 19.5 Å². The molecule has 0 bridgehead atoms. The van der Waals surface area contributed by atoms with E-state index in [4.69, 9.17) is 14.2 Å². The lowest BCUT2D eigenvalue weighted by molar-refractivity contribution is -0.118. The third kappa shape index (κ3) is 4.92. The first kappa shape index (κ1) is 16.7. The molecule has 0 unspecified atom stereocenters. The molecule has 2 rings (SSSR count). The van der Waals surface area contributed by atoms with Crippen LogP contribution in [0.1, 0.15) is 12.5 Å². The van der Waals surface area contributed by atoms with Gasteiger partial charge in [-0.15, -0.1) is 0 Å². The van der Waals surface area contributed by atoms with Crippen molar-refractivity contribution in [1.29, 1.82) is 0 Å². The smallest absolute Gasteiger partial charge is 0.262 e. The normalized spacial score (nSPS) is 10.0. The molecule has 0 atom stereocenters. The second-order valence-corrected chi connectivity index (χ2v) is 4.94. The predicted octanol–water partition coefficient (Wildman–Crippen LogP) is 3.28. The molecule has 2 aromatic rings. The van der Waals surface area contributed by atoms with E-state index in [2.05, 4.69) is 12.2 Å². The van der Waals surface area contributed by atoms with Gasteiger partial charge in [0.25, 0.3) is 5.91 Å². The van der Waals surface area contributed by atoms with Gasteiger partial charge < -0.3 is 19.5 Å². The monoisotopic (exact) mass is 315 g/mol. The lowest BCUT2D eigenvalue weighted by Gasteiger charge is -2.10. The van der Waals surface area contributed by atoms with Crippen molar-refractivity contribution >= 4 is 11.6 Å². The largest absolute Gasteiger partial charge is 0.497 e. The second-order valence-electron chi connectivity index (χ2n) is 4.94. The van der Waals surface area contributed by atoms with Crippen LogP contribution in [-0.4, -0.2) is 26.7 Å². The van der Waals surface area contributed by atoms with Crippen LogP contribution >= 0.6 is 0 Å². The fourth-order valence-electron chi connectivity index (χ4n) is 2.05. The Labute approximate surface area is 136 Å². The van der Waals surface area contributed by atoms with Gasteiger partial charge in [0.1, 0.15) is 17.2 Å². The maximum absolute atomic E-state index is 12.0. The Morgan fingerprint density at radius 2 is 1.57 bits per heavy atom. The van der Waals surface area contributed by atoms with E-state index in [-0.39, 0.29) is 12.5 Å². The van der Waals surface area contributed by atoms with Crippen LogP contribution in [0.3, 0.4) is 0 Å². The van der Waals surface area contributed by atoms with Crippen molar-refractivity contribution in [3.63, 3.8) is 0 Å². The predicted molar refractivity (Wildman–Crippen MR) is 89.5 cm³/mol. The summed E-state index contributed by atoms with van der Waals surface area (Å²) in [5.41, 5.74) is 1.82. The summed E-state index contributed by atoms with van der Waals surface area (Å²) in [4.78, 5) is 12.0. The van der Waals surface area contributed by atoms with E-state index < -0.39 is 0 Å². The molecule has 2 aromatic carbocycles. The van der Waals surface area contributed by atoms with E-state index in [1.54, 1.807) is 32.4 Å². The number of rotatable bonds is 7. The highest BCUT2D eigenvalue weighted by atomic mass is 16.5. The molecule has 0 aliphatic carbocycles. The quantitative estimate of drug-likeness (QED) is 0.852. The van der Waals surface area contributed by atoms with Crippen molar-refractivity contribution in [3.05, 3.63) is 48.0 Å². The number of nitrogens with one attached hydrogen (secondary N) is 1. The third-order valence-electron chi connectivity index (χ3n) is 3.34. The maximum Gasteiger partial charge on any atom is 0.262 e. The summed E-state index contributed by atoms with van der Waals surface area (Å²) in [5, 5.41) is 2.76. The Morgan fingerprint density at radius 3 is 2.09 bits per heavy atom. The van der Waals surface area contributed by atoms with E-state index in [0.29, 0.717) is 22.9 Å². The van der Waals surface area contributed by atoms with Gasteiger partial charge in [0.05, 0.1) is 14.2 Å². The lowest BCUT2D eigenvalue weighted by Crippen LogP contribution is -2.20. The van der Waals surface area contributed by atoms with Crippen molar-refractivity contribution in [2.45, 2.75) is 13.3 Å². The minimum atomic E-state index is -0.250. The Balaban J connectivity index is 1.93. The molecule has 0 saturated heterocycles. The summed E-state index contributed by atoms with van der Waals surface area (Å²) in [6.45, 7) is 2.02. The molecule has 0 heterocycles. The number of aryl methyl sites for hydroxylation is 1. The minimum absolute atomic E-state index is 0.0645. The first-order chi connectivity index (χ1) is 11.1. The highest BCUT2D eigenvalue weighted by molar-refractivity contribution is 5.92. The molecule has 0 aromatic heterocycles. The minimum Gasteiger partial charge on any atom is -0.497 e. The van der Waals surface area contributed by atoms with Crippen molar-refractivity contribution < 1.29 is 19.0 Å². The summed E-state index contributed by atoms with van der Waals surface area (Å²) in [6, 6.07) is 12.9. The fourth-order valence-corrected chi connectivity index (χ4v) is 2.05. The van der Waals surface area contributed by atoms with E-state index in [1.807, 2.05) is 24.3 Å². The topological polar surface area (TPSA) is 56.8 Å². The molecule has 5 nitrogen and oxygen atoms in total. The molecule has 1 N–H and O–H groups in total. The van der Waals surface area contributed by atoms with Gasteiger partial charge in [-0.3, -0.25) is 4.79 Å². The highest BCUT2D eigenvalue weighted by Gasteiger charge is 2.07. The molecule has 0 aliphatic rings. The zero-order chi connectivity index (χ0) is 16.7. The van der Waals surface area contributed by atoms with Gasteiger partial charge in [-0.2, -0.15) is 0 Å². The van der Waals surface area contributed by atoms with Gasteiger partial charge in [-0.1, -0.05) is 19.1 Å². The van der Waals surface area contributed by atoms with Gasteiger partial charge in [0.15, 0.2) is 6.61 Å². The molecule has 0 aliphatic heterocycles. The zero-order valence-corrected chi connectivity index (χ0v) is 13.6. The Kier molecular flexibility index (Phi) is 5.86. The van der Waals surface area contributed by atoms with Crippen LogP contribution in [0.15, 0.2) is 42.5 Å². The van der Waals surface area contributed by atoms with Gasteiger partial charge in [0, 0.05) is 23.9 Å². The van der Waals surface area contributed by atoms with Crippen LogP contribution in [0.25, 0.3) is 0 Å². The van der Waals surface area contributed by atoms with Crippen LogP contribution in [0.2, 0.25) is 0 Å². The van der Waals surface area contributed by atoms with Crippen molar-refractivity contribution in [1.82, 2.24) is 0 Å². The molecule has 0 fully saturated rings. The number of hydrogen-bond donors (Lipinski definition) is 1. The molecule has 5 heteroatoms. The summed E-state index contributed by atoms with van der Waals surface area (Å²) in [5.74, 6) is 1.63. The fraction of sp³-hybridized carbons (Fsp3) is 0.278.